The quantitative estimate of drug-likeness (QED) is 0.0486. The van der Waals surface area contributed by atoms with Crippen LogP contribution >= 0.6 is 11.3 Å². The van der Waals surface area contributed by atoms with E-state index in [4.69, 9.17) is 17.7 Å². The minimum atomic E-state index is 0. The van der Waals surface area contributed by atoms with Gasteiger partial charge in [0.25, 0.3) is 5.78 Å². The predicted octanol–water partition coefficient (Wildman–Crippen LogP) is 24.6. The Hall–Kier alpha value is -14.8. The molecule has 13 aromatic heterocycles. The van der Waals surface area contributed by atoms with Crippen LogP contribution < -0.4 is 19.4 Å². The summed E-state index contributed by atoms with van der Waals surface area (Å²) in [4.78, 5) is 22.3. The van der Waals surface area contributed by atoms with Crippen LogP contribution in [0.15, 0.2) is 376 Å². The van der Waals surface area contributed by atoms with E-state index in [1.165, 1.54) is 17.2 Å². The molecule has 0 aliphatic heterocycles. The molecule has 17 nitrogen and oxygen atoms in total. The standard InChI is InChI=1S/C33H20N3O.C29H17N2.C27H21N5O2.C19H10N3OS.4Cu/c1-2-10-26(11-3-1)36(28-13-4-8-25(22-28)30-15-6-16-32-31(30)18-21-37-32)29-14-5-12-27(23-29)35-20-17-24-9-7-19-34-33(24)35;1-2-9-21(10-3-1)22-11-8-12-24(19-22)31-28-15-5-4-13-25(28)26-17-16-23(20-29(26)31)27-14-6-7-18-30-27;1-30-15-23(25-26(30)31(2)17-28-25)19-8-6-12-22(14-19)32(21-10-4-3-5-11-21)13-7-9-20-16-33-27-24(20)29-18-34-27;1-3-15(11-16(4-1)22-8-2-7-20-22)21-9-5-18-17(21)12-19(23-18)14-6-10-24-13-14;;;;/h1-17,19-21H;1-9,11-18H;3-6,8-12,15-18H,13H2,1-2H3;1-5,7-10,13H;;;;/q2*-3;-2;-3;;;;. The fourth-order valence-electron chi connectivity index (χ4n) is 15.8. The average molecular weight is 1900 g/mol. The number of rotatable bonds is 17. The van der Waals surface area contributed by atoms with E-state index in [2.05, 4.69) is 279 Å². The Bertz CT molecular complexity index is 7970. The number of benzene rings is 11. The Morgan fingerprint density at radius 1 is 0.508 bits per heavy atom. The van der Waals surface area contributed by atoms with E-state index in [1.807, 2.05) is 199 Å². The van der Waals surface area contributed by atoms with Crippen molar-refractivity contribution in [2.75, 3.05) is 16.3 Å². The molecule has 0 saturated heterocycles. The maximum Gasteiger partial charge on any atom is 0.297 e. The maximum absolute atomic E-state index is 5.88. The molecule has 130 heavy (non-hydrogen) atoms. The summed E-state index contributed by atoms with van der Waals surface area (Å²) in [5.41, 5.74) is 26.6. The van der Waals surface area contributed by atoms with Crippen molar-refractivity contribution in [3.63, 3.8) is 0 Å². The number of oxazole rings is 1. The van der Waals surface area contributed by atoms with Gasteiger partial charge in [0.1, 0.15) is 11.3 Å². The van der Waals surface area contributed by atoms with Gasteiger partial charge in [0.05, 0.1) is 17.4 Å². The molecule has 0 fully saturated rings. The van der Waals surface area contributed by atoms with Gasteiger partial charge in [-0.1, -0.05) is 118 Å². The molecule has 0 amide bonds. The first-order valence-corrected chi connectivity index (χ1v) is 41.5. The van der Waals surface area contributed by atoms with Crippen LogP contribution in [0.25, 0.3) is 162 Å². The fraction of sp³-hybridized carbons (Fsp3) is 0.0278. The van der Waals surface area contributed by atoms with Crippen LogP contribution in [0.1, 0.15) is 5.56 Å². The normalized spacial score (nSPS) is 11.1. The van der Waals surface area contributed by atoms with Gasteiger partial charge in [-0.3, -0.25) is 10.8 Å². The molecule has 0 atom stereocenters. The van der Waals surface area contributed by atoms with E-state index in [9.17, 15) is 0 Å². The molecule has 0 aliphatic rings. The van der Waals surface area contributed by atoms with Crippen molar-refractivity contribution in [1.29, 1.82) is 0 Å². The fourth-order valence-corrected chi connectivity index (χ4v) is 16.4. The summed E-state index contributed by atoms with van der Waals surface area (Å²) < 4.78 is 34.3. The topological polar surface area (TPSA) is 153 Å². The van der Waals surface area contributed by atoms with Gasteiger partial charge in [0.15, 0.2) is 6.39 Å². The number of thiophene rings is 1. The van der Waals surface area contributed by atoms with Crippen molar-refractivity contribution in [3.8, 4) is 78.7 Å². The van der Waals surface area contributed by atoms with Crippen LogP contribution in [0.4, 0.5) is 28.4 Å². The van der Waals surface area contributed by atoms with Gasteiger partial charge < -0.3 is 55.3 Å². The first-order valence-electron chi connectivity index (χ1n) is 40.6. The van der Waals surface area contributed by atoms with Gasteiger partial charge in [-0.05, 0) is 124 Å². The third kappa shape index (κ3) is 17.7. The number of nitrogens with zero attached hydrogens (tertiary/aromatic N) is 13. The molecule has 22 heteroatoms. The van der Waals surface area contributed by atoms with E-state index in [-0.39, 0.29) is 68.3 Å². The molecule has 24 aromatic rings. The third-order valence-electron chi connectivity index (χ3n) is 21.6. The van der Waals surface area contributed by atoms with E-state index >= 15 is 0 Å². The number of anilines is 5. The molecule has 650 valence electrons. The molecule has 0 saturated carbocycles. The van der Waals surface area contributed by atoms with Crippen LogP contribution in [0.5, 0.6) is 0 Å². The Morgan fingerprint density at radius 3 is 2.05 bits per heavy atom. The smallest absolute Gasteiger partial charge is 0.297 e. The first-order chi connectivity index (χ1) is 62.3. The Morgan fingerprint density at radius 2 is 1.23 bits per heavy atom. The number of imidazole rings is 1. The second-order valence-corrected chi connectivity index (χ2v) is 30.2. The number of para-hydroxylation sites is 3. The third-order valence-corrected chi connectivity index (χ3v) is 22.3. The second-order valence-electron chi connectivity index (χ2n) is 29.5. The number of hydrogen-bond donors (Lipinski definition) is 0. The van der Waals surface area contributed by atoms with Gasteiger partial charge in [0.2, 0.25) is 0 Å². The summed E-state index contributed by atoms with van der Waals surface area (Å²) in [6.45, 7) is 0.516. The van der Waals surface area contributed by atoms with Crippen LogP contribution in [-0.2, 0) is 82.4 Å². The zero-order valence-corrected chi connectivity index (χ0v) is 73.5. The molecule has 0 unspecified atom stereocenters. The van der Waals surface area contributed by atoms with Crippen molar-refractivity contribution in [2.45, 2.75) is 0 Å². The number of aryl methyl sites for hydroxylation is 2. The van der Waals surface area contributed by atoms with Gasteiger partial charge in [-0.25, -0.2) is 55.1 Å². The Kier molecular flexibility index (Phi) is 26.4. The summed E-state index contributed by atoms with van der Waals surface area (Å²) in [6.07, 6.45) is 25.1. The molecule has 11 aromatic carbocycles. The van der Waals surface area contributed by atoms with Crippen LogP contribution in [0.2, 0.25) is 0 Å². The molecule has 13 heterocycles. The maximum atomic E-state index is 5.88. The van der Waals surface area contributed by atoms with Crippen molar-refractivity contribution < 1.29 is 90.5 Å². The zero-order chi connectivity index (χ0) is 84.2. The molecule has 0 N–H and O–H groups in total. The molecule has 4 radical (unpaired) electrons. The minimum Gasteiger partial charge on any atom is -0.596 e. The molecule has 0 spiro atoms. The van der Waals surface area contributed by atoms with Crippen LogP contribution in [-0.4, -0.2) is 49.5 Å². The molecule has 0 bridgehead atoms. The van der Waals surface area contributed by atoms with E-state index in [1.54, 1.807) is 34.7 Å². The second kappa shape index (κ2) is 39.2. The average Bonchev–Trinajstić information content (AvgIpc) is 1.59. The summed E-state index contributed by atoms with van der Waals surface area (Å²) in [7, 11) is 4.04. The van der Waals surface area contributed by atoms with Crippen LogP contribution in [0, 0.1) is 66.7 Å². The Labute approximate surface area is 795 Å². The van der Waals surface area contributed by atoms with Gasteiger partial charge >= 0.3 is 0 Å². The number of hydrogen-bond acceptors (Lipinski definition) is 11. The minimum absolute atomic E-state index is 0. The summed E-state index contributed by atoms with van der Waals surface area (Å²) in [5, 5.41) is 12.6. The molecular formula is C108H68Cu4N13O4S-11. The van der Waals surface area contributed by atoms with Gasteiger partial charge in [-0.15, -0.1) is 161 Å². The monoisotopic (exact) mass is 1890 g/mol. The zero-order valence-electron chi connectivity index (χ0n) is 68.9. The first kappa shape index (κ1) is 87.3. The van der Waals surface area contributed by atoms with Gasteiger partial charge in [0, 0.05) is 159 Å². The van der Waals surface area contributed by atoms with E-state index < -0.39 is 0 Å². The predicted molar refractivity (Wildman–Crippen MR) is 495 cm³/mol. The van der Waals surface area contributed by atoms with Crippen molar-refractivity contribution in [1.82, 2.24) is 48.0 Å². The number of aromatic nitrogens is 11. The van der Waals surface area contributed by atoms with E-state index in [0.29, 0.717) is 23.6 Å². The van der Waals surface area contributed by atoms with Gasteiger partial charge in [-0.2, -0.15) is 76.7 Å². The summed E-state index contributed by atoms with van der Waals surface area (Å²) in [6, 6.07) is 128. The number of pyridine rings is 2. The Balaban J connectivity index is 0.000000121. The van der Waals surface area contributed by atoms with Crippen molar-refractivity contribution in [2.24, 2.45) is 14.1 Å². The largest absolute Gasteiger partial charge is 0.596 e. The SMILES string of the molecule is Cn1cc(-c2[c-]c(N(C[C-]=Cc3coc4ocnc34)c3ccccc3)ccc2)c2[n-]c[n+](C)c21.[Cu].[Cu].[Cu].[Cu].[c-]1c(-c2cccc3oc[c-]c23)cccc1N(c1[c-]c(-n2ccc3cccnc32)ccc1)c1ccccc1.[c-]1ccccc1-c1[c-]c(-n2c3[c-]c(-c4ccccn4)ccc3c3ccccc32)ccc1.[c-]1cscc1-c1[c-]c2c(ccn2-c2[c-]c(-n3cccn3)ccc2)o1. The number of fused-ring (bicyclic) bond motifs is 8. The summed E-state index contributed by atoms with van der Waals surface area (Å²) in [5.74, 6) is 1.12. The van der Waals surface area contributed by atoms with Crippen molar-refractivity contribution >= 4 is 123 Å². The molecular weight excluding hydrogens is 1830 g/mol. The number of furan rings is 3. The van der Waals surface area contributed by atoms with Crippen LogP contribution in [0.3, 0.4) is 0 Å². The van der Waals surface area contributed by atoms with E-state index in [0.717, 1.165) is 162 Å². The molecule has 24 rings (SSSR count). The van der Waals surface area contributed by atoms with Crippen molar-refractivity contribution in [3.05, 3.63) is 431 Å². The molecule has 0 aliphatic carbocycles. The summed E-state index contributed by atoms with van der Waals surface area (Å²) >= 11 is 1.59.